The molecule has 0 radical (unpaired) electrons. The molecule has 1 amide bonds. The standard InChI is InChI=1S/C15H13BrN2O2S/c1-18(8-12-6-14(16)21-10-12)15(19)9-20-13-4-2-11(7-17)3-5-13/h2-6,10H,8-9H2,1H3. The molecule has 21 heavy (non-hydrogen) atoms. The normalized spacial score (nSPS) is 9.95. The van der Waals surface area contributed by atoms with Crippen LogP contribution in [0.4, 0.5) is 0 Å². The van der Waals surface area contributed by atoms with E-state index in [2.05, 4.69) is 15.9 Å². The maximum absolute atomic E-state index is 12.0. The maximum Gasteiger partial charge on any atom is 0.260 e. The van der Waals surface area contributed by atoms with E-state index in [0.29, 0.717) is 17.9 Å². The predicted molar refractivity (Wildman–Crippen MR) is 85.1 cm³/mol. The van der Waals surface area contributed by atoms with Crippen molar-refractivity contribution in [1.29, 1.82) is 5.26 Å². The first kappa shape index (κ1) is 15.5. The molecular formula is C15H13BrN2O2S. The maximum atomic E-state index is 12.0. The number of nitriles is 1. The Morgan fingerprint density at radius 2 is 2.14 bits per heavy atom. The second-order valence-electron chi connectivity index (χ2n) is 4.43. The van der Waals surface area contributed by atoms with Crippen molar-refractivity contribution in [3.8, 4) is 11.8 Å². The van der Waals surface area contributed by atoms with Crippen LogP contribution < -0.4 is 4.74 Å². The number of likely N-dealkylation sites (N-methyl/N-ethyl adjacent to an activating group) is 1. The van der Waals surface area contributed by atoms with Gasteiger partial charge in [0.15, 0.2) is 6.61 Å². The molecule has 1 aromatic heterocycles. The highest BCUT2D eigenvalue weighted by Gasteiger charge is 2.11. The molecule has 0 atom stereocenters. The summed E-state index contributed by atoms with van der Waals surface area (Å²) in [5, 5.41) is 10.7. The highest BCUT2D eigenvalue weighted by atomic mass is 79.9. The molecule has 4 nitrogen and oxygen atoms in total. The molecule has 2 rings (SSSR count). The lowest BCUT2D eigenvalue weighted by molar-refractivity contribution is -0.132. The number of benzene rings is 1. The molecule has 0 N–H and O–H groups in total. The minimum atomic E-state index is -0.0957. The average molecular weight is 365 g/mol. The summed E-state index contributed by atoms with van der Waals surface area (Å²) in [6.45, 7) is 0.533. The van der Waals surface area contributed by atoms with Crippen LogP contribution in [-0.2, 0) is 11.3 Å². The Labute approximate surface area is 135 Å². The minimum Gasteiger partial charge on any atom is -0.484 e. The summed E-state index contributed by atoms with van der Waals surface area (Å²) < 4.78 is 6.47. The zero-order valence-corrected chi connectivity index (χ0v) is 13.8. The van der Waals surface area contributed by atoms with Crippen molar-refractivity contribution >= 4 is 33.2 Å². The number of nitrogens with zero attached hydrogens (tertiary/aromatic N) is 2. The highest BCUT2D eigenvalue weighted by Crippen LogP contribution is 2.21. The van der Waals surface area contributed by atoms with Crippen molar-refractivity contribution in [1.82, 2.24) is 4.90 Å². The Kier molecular flexibility index (Phi) is 5.37. The molecular weight excluding hydrogens is 352 g/mol. The number of rotatable bonds is 5. The molecule has 0 aliphatic rings. The van der Waals surface area contributed by atoms with Gasteiger partial charge in [-0.15, -0.1) is 11.3 Å². The minimum absolute atomic E-state index is 0.0201. The molecule has 1 heterocycles. The van der Waals surface area contributed by atoms with Gasteiger partial charge in [-0.25, -0.2) is 0 Å². The van der Waals surface area contributed by atoms with Gasteiger partial charge in [0, 0.05) is 13.6 Å². The molecule has 0 bridgehead atoms. The monoisotopic (exact) mass is 364 g/mol. The van der Waals surface area contributed by atoms with Crippen LogP contribution in [0.3, 0.4) is 0 Å². The Morgan fingerprint density at radius 1 is 1.43 bits per heavy atom. The van der Waals surface area contributed by atoms with Gasteiger partial charge in [0.25, 0.3) is 5.91 Å². The lowest BCUT2D eigenvalue weighted by Gasteiger charge is -2.16. The molecule has 6 heteroatoms. The average Bonchev–Trinajstić information content (AvgIpc) is 2.90. The molecule has 0 aliphatic carbocycles. The molecule has 0 fully saturated rings. The van der Waals surface area contributed by atoms with Gasteiger partial charge in [-0.1, -0.05) is 0 Å². The second kappa shape index (κ2) is 7.25. The van der Waals surface area contributed by atoms with Gasteiger partial charge >= 0.3 is 0 Å². The van der Waals surface area contributed by atoms with Crippen molar-refractivity contribution in [2.75, 3.05) is 13.7 Å². The first-order valence-corrected chi connectivity index (χ1v) is 7.85. The van der Waals surface area contributed by atoms with Gasteiger partial charge in [0.1, 0.15) is 5.75 Å². The van der Waals surface area contributed by atoms with E-state index in [0.717, 1.165) is 9.35 Å². The Morgan fingerprint density at radius 3 is 2.71 bits per heavy atom. The van der Waals surface area contributed by atoms with Crippen LogP contribution in [0.1, 0.15) is 11.1 Å². The molecule has 0 saturated heterocycles. The first-order valence-electron chi connectivity index (χ1n) is 6.18. The number of ether oxygens (including phenoxy) is 1. The molecule has 0 spiro atoms. The fraction of sp³-hybridized carbons (Fsp3) is 0.200. The third-order valence-electron chi connectivity index (χ3n) is 2.81. The van der Waals surface area contributed by atoms with Gasteiger partial charge in [-0.05, 0) is 57.2 Å². The van der Waals surface area contributed by atoms with Crippen molar-refractivity contribution in [3.05, 3.63) is 50.6 Å². The van der Waals surface area contributed by atoms with E-state index in [1.54, 1.807) is 47.5 Å². The van der Waals surface area contributed by atoms with Crippen molar-refractivity contribution < 1.29 is 9.53 Å². The Hall–Kier alpha value is -1.84. The predicted octanol–water partition coefficient (Wildman–Crippen LogP) is 3.42. The van der Waals surface area contributed by atoms with E-state index in [1.807, 2.05) is 17.5 Å². The van der Waals surface area contributed by atoms with E-state index in [1.165, 1.54) is 0 Å². The quantitative estimate of drug-likeness (QED) is 0.816. The third kappa shape index (κ3) is 4.59. The topological polar surface area (TPSA) is 53.3 Å². The summed E-state index contributed by atoms with van der Waals surface area (Å²) in [7, 11) is 1.75. The van der Waals surface area contributed by atoms with Crippen LogP contribution in [0.2, 0.25) is 0 Å². The summed E-state index contributed by atoms with van der Waals surface area (Å²) in [4.78, 5) is 13.6. The van der Waals surface area contributed by atoms with Crippen LogP contribution in [0.5, 0.6) is 5.75 Å². The molecule has 0 aliphatic heterocycles. The highest BCUT2D eigenvalue weighted by molar-refractivity contribution is 9.11. The summed E-state index contributed by atoms with van der Waals surface area (Å²) >= 11 is 4.99. The summed E-state index contributed by atoms with van der Waals surface area (Å²) in [6, 6.07) is 10.7. The number of carbonyl (C=O) groups excluding carboxylic acids is 1. The second-order valence-corrected chi connectivity index (χ2v) is 6.72. The fourth-order valence-corrected chi connectivity index (χ4v) is 2.87. The number of thiophene rings is 1. The van der Waals surface area contributed by atoms with Crippen molar-refractivity contribution in [2.24, 2.45) is 0 Å². The fourth-order valence-electron chi connectivity index (χ4n) is 1.67. The van der Waals surface area contributed by atoms with E-state index >= 15 is 0 Å². The smallest absolute Gasteiger partial charge is 0.260 e. The van der Waals surface area contributed by atoms with Crippen molar-refractivity contribution in [2.45, 2.75) is 6.54 Å². The largest absolute Gasteiger partial charge is 0.484 e. The van der Waals surface area contributed by atoms with Crippen LogP contribution in [0.25, 0.3) is 0 Å². The molecule has 108 valence electrons. The number of hydrogen-bond donors (Lipinski definition) is 0. The van der Waals surface area contributed by atoms with E-state index < -0.39 is 0 Å². The van der Waals surface area contributed by atoms with Crippen LogP contribution in [0, 0.1) is 11.3 Å². The van der Waals surface area contributed by atoms with Crippen molar-refractivity contribution in [3.63, 3.8) is 0 Å². The van der Waals surface area contributed by atoms with Crippen LogP contribution >= 0.6 is 27.3 Å². The lowest BCUT2D eigenvalue weighted by atomic mass is 10.2. The Bertz CT molecular complexity index is 661. The molecule has 0 saturated carbocycles. The van der Waals surface area contributed by atoms with Gasteiger partial charge in [0.05, 0.1) is 15.4 Å². The zero-order chi connectivity index (χ0) is 15.2. The molecule has 0 unspecified atom stereocenters. The SMILES string of the molecule is CN(Cc1csc(Br)c1)C(=O)COc1ccc(C#N)cc1. The summed E-state index contributed by atoms with van der Waals surface area (Å²) in [5.41, 5.74) is 1.65. The zero-order valence-electron chi connectivity index (χ0n) is 11.4. The van der Waals surface area contributed by atoms with E-state index in [9.17, 15) is 4.79 Å². The van der Waals surface area contributed by atoms with E-state index in [4.69, 9.17) is 10.00 Å². The lowest BCUT2D eigenvalue weighted by Crippen LogP contribution is -2.30. The number of hydrogen-bond acceptors (Lipinski definition) is 4. The number of amides is 1. The third-order valence-corrected chi connectivity index (χ3v) is 4.37. The van der Waals surface area contributed by atoms with Crippen LogP contribution in [0.15, 0.2) is 39.5 Å². The first-order chi connectivity index (χ1) is 10.1. The van der Waals surface area contributed by atoms with Gasteiger partial charge in [-0.3, -0.25) is 4.79 Å². The van der Waals surface area contributed by atoms with Gasteiger partial charge in [0.2, 0.25) is 0 Å². The Balaban J connectivity index is 1.84. The molecule has 1 aromatic carbocycles. The van der Waals surface area contributed by atoms with Crippen LogP contribution in [-0.4, -0.2) is 24.5 Å². The summed E-state index contributed by atoms with van der Waals surface area (Å²) in [6.07, 6.45) is 0. The number of halogens is 1. The number of carbonyl (C=O) groups is 1. The summed E-state index contributed by atoms with van der Waals surface area (Å²) in [5.74, 6) is 0.482. The molecule has 2 aromatic rings. The van der Waals surface area contributed by atoms with Gasteiger partial charge in [-0.2, -0.15) is 5.26 Å². The van der Waals surface area contributed by atoms with Gasteiger partial charge < -0.3 is 9.64 Å². The van der Waals surface area contributed by atoms with E-state index in [-0.39, 0.29) is 12.5 Å².